The number of rotatable bonds is 3. The van der Waals surface area contributed by atoms with Gasteiger partial charge in [-0.1, -0.05) is 15.9 Å². The second-order valence-corrected chi connectivity index (χ2v) is 6.85. The van der Waals surface area contributed by atoms with Crippen LogP contribution in [0.25, 0.3) is 5.69 Å². The van der Waals surface area contributed by atoms with E-state index in [1.807, 2.05) is 6.92 Å². The van der Waals surface area contributed by atoms with E-state index in [4.69, 9.17) is 0 Å². The van der Waals surface area contributed by atoms with E-state index in [0.717, 1.165) is 14.6 Å². The van der Waals surface area contributed by atoms with Crippen LogP contribution in [0.3, 0.4) is 0 Å². The monoisotopic (exact) mass is 429 g/mol. The van der Waals surface area contributed by atoms with Crippen molar-refractivity contribution in [2.24, 2.45) is 4.99 Å². The lowest BCUT2D eigenvalue weighted by Crippen LogP contribution is -2.31. The summed E-state index contributed by atoms with van der Waals surface area (Å²) in [5.41, 5.74) is 0.829. The van der Waals surface area contributed by atoms with Gasteiger partial charge in [-0.15, -0.1) is 0 Å². The van der Waals surface area contributed by atoms with Crippen LogP contribution in [0.15, 0.2) is 55.5 Å². The highest BCUT2D eigenvalue weighted by molar-refractivity contribution is 9.10. The first-order chi connectivity index (χ1) is 12.8. The fourth-order valence-corrected chi connectivity index (χ4v) is 2.83. The van der Waals surface area contributed by atoms with Gasteiger partial charge < -0.3 is 10.2 Å². The van der Waals surface area contributed by atoms with Crippen LogP contribution in [0, 0.1) is 13.8 Å². The summed E-state index contributed by atoms with van der Waals surface area (Å²) in [6, 6.07) is 9.67. The van der Waals surface area contributed by atoms with Gasteiger partial charge in [-0.3, -0.25) is 14.8 Å². The van der Waals surface area contributed by atoms with Crippen molar-refractivity contribution in [2.45, 2.75) is 13.8 Å². The number of aryl methyl sites for hydroxylation is 2. The molecule has 0 fully saturated rings. The summed E-state index contributed by atoms with van der Waals surface area (Å²) in [6.45, 7) is 3.60. The minimum atomic E-state index is -0.753. The molecule has 3 rings (SSSR count). The summed E-state index contributed by atoms with van der Waals surface area (Å²) in [4.78, 5) is 30.8. The Kier molecular flexibility index (Phi) is 5.00. The third kappa shape index (κ3) is 3.70. The van der Waals surface area contributed by atoms with Crippen molar-refractivity contribution in [2.75, 3.05) is 0 Å². The number of nitrogens with one attached hydrogen (secondary N) is 1. The first-order valence-corrected chi connectivity index (χ1v) is 8.75. The molecule has 0 unspecified atom stereocenters. The number of halogens is 1. The Morgan fingerprint density at radius 2 is 1.81 bits per heavy atom. The molecule has 0 atom stereocenters. The number of nitrogens with zero attached hydrogens (tertiary/aromatic N) is 2. The second-order valence-electron chi connectivity index (χ2n) is 5.99. The van der Waals surface area contributed by atoms with Gasteiger partial charge in [-0.25, -0.2) is 9.36 Å². The molecule has 27 heavy (non-hydrogen) atoms. The molecule has 0 radical (unpaired) electrons. The van der Waals surface area contributed by atoms with E-state index in [1.54, 1.807) is 31.2 Å². The smallest absolute Gasteiger partial charge is 0.335 e. The summed E-state index contributed by atoms with van der Waals surface area (Å²) in [7, 11) is 0. The molecule has 8 heteroatoms. The molecule has 0 aliphatic rings. The van der Waals surface area contributed by atoms with Crippen molar-refractivity contribution in [1.29, 1.82) is 0 Å². The number of hydrogen-bond acceptors (Lipinski definition) is 5. The Labute approximate surface area is 162 Å². The molecule has 138 valence electrons. The van der Waals surface area contributed by atoms with Crippen LogP contribution in [0.4, 0.5) is 5.69 Å². The molecule has 0 spiro atoms. The number of phenols is 1. The van der Waals surface area contributed by atoms with E-state index >= 15 is 0 Å². The van der Waals surface area contributed by atoms with Crippen molar-refractivity contribution in [3.63, 3.8) is 0 Å². The lowest BCUT2D eigenvalue weighted by Gasteiger charge is -2.11. The molecule has 0 saturated carbocycles. The summed E-state index contributed by atoms with van der Waals surface area (Å²) < 4.78 is 1.86. The Bertz CT molecular complexity index is 1180. The minimum absolute atomic E-state index is 0.103. The van der Waals surface area contributed by atoms with Gasteiger partial charge in [0.1, 0.15) is 11.3 Å². The predicted octanol–water partition coefficient (Wildman–Crippen LogP) is 3.07. The molecular formula is C19H16BrN3O4. The Balaban J connectivity index is 2.14. The molecule has 0 aliphatic carbocycles. The van der Waals surface area contributed by atoms with Crippen LogP contribution in [0.2, 0.25) is 0 Å². The number of aromatic nitrogens is 2. The largest absolute Gasteiger partial charge is 0.508 e. The first kappa shape index (κ1) is 18.7. The average Bonchev–Trinajstić information content (AvgIpc) is 2.59. The van der Waals surface area contributed by atoms with E-state index in [0.29, 0.717) is 16.9 Å². The molecule has 0 saturated heterocycles. The van der Waals surface area contributed by atoms with E-state index in [-0.39, 0.29) is 11.3 Å². The predicted molar refractivity (Wildman–Crippen MR) is 107 cm³/mol. The molecule has 3 aromatic rings. The SMILES string of the molecule is Cc1cc(-n2c(O)c(C=Nc3ccc(O)cc3C)c(=O)[nH]c2=O)ccc1Br. The number of H-pyrrole nitrogens is 1. The van der Waals surface area contributed by atoms with Gasteiger partial charge in [0.25, 0.3) is 5.56 Å². The molecule has 1 heterocycles. The highest BCUT2D eigenvalue weighted by atomic mass is 79.9. The van der Waals surface area contributed by atoms with Crippen LogP contribution in [0.5, 0.6) is 11.6 Å². The molecule has 1 aromatic heterocycles. The van der Waals surface area contributed by atoms with E-state index in [2.05, 4.69) is 25.9 Å². The minimum Gasteiger partial charge on any atom is -0.508 e. The highest BCUT2D eigenvalue weighted by Gasteiger charge is 2.15. The normalized spacial score (nSPS) is 11.2. The number of benzene rings is 2. The molecule has 0 aliphatic heterocycles. The molecule has 2 aromatic carbocycles. The van der Waals surface area contributed by atoms with Crippen LogP contribution < -0.4 is 11.2 Å². The van der Waals surface area contributed by atoms with Gasteiger partial charge in [0, 0.05) is 10.7 Å². The summed E-state index contributed by atoms with van der Waals surface area (Å²) in [5, 5.41) is 20.0. The fraction of sp³-hybridized carbons (Fsp3) is 0.105. The van der Waals surface area contributed by atoms with Crippen molar-refractivity contribution in [3.8, 4) is 17.3 Å². The van der Waals surface area contributed by atoms with E-state index in [9.17, 15) is 19.8 Å². The first-order valence-electron chi connectivity index (χ1n) is 7.96. The third-order valence-electron chi connectivity index (χ3n) is 4.03. The van der Waals surface area contributed by atoms with Crippen LogP contribution in [-0.2, 0) is 0 Å². The number of aliphatic imine (C=N–C) groups is 1. The van der Waals surface area contributed by atoms with Gasteiger partial charge in [0.15, 0.2) is 0 Å². The summed E-state index contributed by atoms with van der Waals surface area (Å²) in [5.74, 6) is -0.406. The van der Waals surface area contributed by atoms with E-state index < -0.39 is 17.1 Å². The Morgan fingerprint density at radius 1 is 1.07 bits per heavy atom. The summed E-state index contributed by atoms with van der Waals surface area (Å²) in [6.07, 6.45) is 1.19. The van der Waals surface area contributed by atoms with Crippen molar-refractivity contribution in [1.82, 2.24) is 9.55 Å². The zero-order chi connectivity index (χ0) is 19.7. The van der Waals surface area contributed by atoms with Gasteiger partial charge in [-0.2, -0.15) is 0 Å². The summed E-state index contributed by atoms with van der Waals surface area (Å²) >= 11 is 3.38. The number of hydrogen-bond donors (Lipinski definition) is 3. The second kappa shape index (κ2) is 7.24. The maximum Gasteiger partial charge on any atom is 0.335 e. The maximum atomic E-state index is 12.2. The van der Waals surface area contributed by atoms with Crippen LogP contribution in [0.1, 0.15) is 16.7 Å². The number of aromatic amines is 1. The van der Waals surface area contributed by atoms with Gasteiger partial charge in [0.05, 0.1) is 11.4 Å². The molecular weight excluding hydrogens is 414 g/mol. The van der Waals surface area contributed by atoms with Crippen LogP contribution >= 0.6 is 15.9 Å². The lowest BCUT2D eigenvalue weighted by molar-refractivity contribution is 0.430. The zero-order valence-electron chi connectivity index (χ0n) is 14.5. The molecule has 3 N–H and O–H groups in total. The average molecular weight is 430 g/mol. The van der Waals surface area contributed by atoms with Gasteiger partial charge >= 0.3 is 5.69 Å². The van der Waals surface area contributed by atoms with Gasteiger partial charge in [-0.05, 0) is 61.4 Å². The van der Waals surface area contributed by atoms with Gasteiger partial charge in [0.2, 0.25) is 5.88 Å². The maximum absolute atomic E-state index is 12.2. The molecule has 7 nitrogen and oxygen atoms in total. The van der Waals surface area contributed by atoms with Crippen molar-refractivity contribution < 1.29 is 10.2 Å². The van der Waals surface area contributed by atoms with E-state index in [1.165, 1.54) is 18.3 Å². The quantitative estimate of drug-likeness (QED) is 0.555. The fourth-order valence-electron chi connectivity index (χ4n) is 2.58. The van der Waals surface area contributed by atoms with Crippen molar-refractivity contribution in [3.05, 3.63) is 78.4 Å². The lowest BCUT2D eigenvalue weighted by atomic mass is 10.2. The topological polar surface area (TPSA) is 108 Å². The Hall–Kier alpha value is -3.13. The zero-order valence-corrected chi connectivity index (χ0v) is 16.1. The van der Waals surface area contributed by atoms with Crippen molar-refractivity contribution >= 4 is 27.8 Å². The third-order valence-corrected chi connectivity index (χ3v) is 4.92. The number of aromatic hydroxyl groups is 2. The number of phenolic OH excluding ortho intramolecular Hbond substituents is 1. The molecule has 0 amide bonds. The Morgan fingerprint density at radius 3 is 2.48 bits per heavy atom. The standard InChI is InChI=1S/C19H16BrN3O4/c1-10-7-12(3-5-15(10)20)23-18(26)14(17(25)22-19(23)27)9-21-16-6-4-13(24)8-11(16)2/h3-9,24,26H,1-2H3,(H,22,25,27). The van der Waals surface area contributed by atoms with Crippen LogP contribution in [-0.4, -0.2) is 26.0 Å². The highest BCUT2D eigenvalue weighted by Crippen LogP contribution is 2.24. The molecule has 0 bridgehead atoms.